The van der Waals surface area contributed by atoms with Crippen LogP contribution in [-0.2, 0) is 54.0 Å². The van der Waals surface area contributed by atoms with Crippen LogP contribution in [0.1, 0.15) is 47.3 Å². The molecule has 0 spiro atoms. The van der Waals surface area contributed by atoms with Gasteiger partial charge < -0.3 is 19.5 Å². The summed E-state index contributed by atoms with van der Waals surface area (Å²) < 4.78 is 98.5. The number of halogens is 6. The number of amides is 1. The van der Waals surface area contributed by atoms with Gasteiger partial charge in [-0.1, -0.05) is 47.5 Å². The Morgan fingerprint density at radius 3 is 1.67 bits per heavy atom. The largest absolute Gasteiger partial charge is 0.486 e. The fourth-order valence-electron chi connectivity index (χ4n) is 4.76. The monoisotopic (exact) mass is 997 g/mol. The van der Waals surface area contributed by atoms with Crippen molar-refractivity contribution in [1.29, 1.82) is 0 Å². The first-order valence-electron chi connectivity index (χ1n) is 16.6. The number of carbonyl (C=O) groups excluding carboxylic acids is 3. The van der Waals surface area contributed by atoms with Gasteiger partial charge in [0.2, 0.25) is 20.0 Å². The van der Waals surface area contributed by atoms with Gasteiger partial charge in [0.15, 0.2) is 17.4 Å². The maximum absolute atomic E-state index is 15.0. The molecule has 0 aromatic heterocycles. The highest BCUT2D eigenvalue weighted by molar-refractivity contribution is 9.11. The minimum atomic E-state index is -3.72. The number of anilines is 2. The van der Waals surface area contributed by atoms with E-state index in [1.807, 2.05) is 0 Å². The first kappa shape index (κ1) is 45.7. The topological polar surface area (TPSA) is 183 Å². The molecule has 57 heavy (non-hydrogen) atoms. The number of nitrogens with one attached hydrogen (secondary N) is 3. The predicted octanol–water partition coefficient (Wildman–Crippen LogP) is 7.91. The van der Waals surface area contributed by atoms with E-state index >= 15 is 0 Å². The van der Waals surface area contributed by atoms with Gasteiger partial charge in [0.25, 0.3) is 5.91 Å². The molecule has 0 aliphatic rings. The summed E-state index contributed by atoms with van der Waals surface area (Å²) in [5.41, 5.74) is 0.202. The summed E-state index contributed by atoms with van der Waals surface area (Å²) in [5, 5.41) is 2.45. The Kier molecular flexibility index (Phi) is 16.1. The fourth-order valence-corrected chi connectivity index (χ4v) is 8.09. The highest BCUT2D eigenvalue weighted by Crippen LogP contribution is 2.37. The molecule has 3 N–H and O–H groups in total. The molecule has 0 saturated heterocycles. The second kappa shape index (κ2) is 20.1. The number of esters is 2. The molecule has 0 bridgehead atoms. The summed E-state index contributed by atoms with van der Waals surface area (Å²) in [6.45, 7) is 1.56. The smallest absolute Gasteiger partial charge is 0.333 e. The second-order valence-corrected chi connectivity index (χ2v) is 18.4. The van der Waals surface area contributed by atoms with Crippen molar-refractivity contribution >= 4 is 104 Å². The number of hydrogen-bond acceptors (Lipinski definition) is 10. The van der Waals surface area contributed by atoms with Gasteiger partial charge in [-0.25, -0.2) is 30.4 Å². The number of benzene rings is 4. The van der Waals surface area contributed by atoms with Crippen LogP contribution in [0, 0.1) is 11.6 Å². The Balaban J connectivity index is 1.26. The summed E-state index contributed by atoms with van der Waals surface area (Å²) in [6.07, 6.45) is -0.208. The molecule has 0 fully saturated rings. The van der Waals surface area contributed by atoms with Gasteiger partial charge in [-0.2, -0.15) is 0 Å². The van der Waals surface area contributed by atoms with E-state index in [1.54, 1.807) is 0 Å². The molecule has 21 heteroatoms. The number of aryl methyl sites for hydroxylation is 1. The quantitative estimate of drug-likeness (QED) is 0.0654. The van der Waals surface area contributed by atoms with Crippen molar-refractivity contribution in [3.8, 4) is 11.5 Å². The molecule has 4 aromatic carbocycles. The van der Waals surface area contributed by atoms with Gasteiger partial charge in [-0.3, -0.25) is 19.0 Å². The van der Waals surface area contributed by atoms with Crippen molar-refractivity contribution in [3.63, 3.8) is 0 Å². The minimum Gasteiger partial charge on any atom is -0.486 e. The first-order chi connectivity index (χ1) is 26.8. The first-order valence-corrected chi connectivity index (χ1v) is 22.3. The van der Waals surface area contributed by atoms with Gasteiger partial charge in [-0.15, -0.1) is 0 Å². The average Bonchev–Trinajstić information content (AvgIpc) is 3.14. The van der Waals surface area contributed by atoms with E-state index < -0.39 is 56.1 Å². The summed E-state index contributed by atoms with van der Waals surface area (Å²) in [5.74, 6) is -4.52. The zero-order valence-corrected chi connectivity index (χ0v) is 36.2. The third-order valence-corrected chi connectivity index (χ3v) is 12.1. The average molecular weight is 1000 g/mol. The Bertz CT molecular complexity index is 2360. The molecule has 1 amide bonds. The van der Waals surface area contributed by atoms with Crippen molar-refractivity contribution in [3.05, 3.63) is 114 Å². The molecule has 306 valence electrons. The summed E-state index contributed by atoms with van der Waals surface area (Å²) in [4.78, 5) is 37.5. The maximum Gasteiger partial charge on any atom is 0.333 e. The normalized spacial score (nSPS) is 11.4. The molecule has 0 unspecified atom stereocenters. The van der Waals surface area contributed by atoms with E-state index in [-0.39, 0.29) is 87.2 Å². The Morgan fingerprint density at radius 1 is 0.719 bits per heavy atom. The lowest BCUT2D eigenvalue weighted by Crippen LogP contribution is -2.31. The number of hydrogen-bond donors (Lipinski definition) is 3. The van der Waals surface area contributed by atoms with E-state index in [0.717, 1.165) is 0 Å². The molecule has 13 nitrogen and oxygen atoms in total. The number of sulfonamides is 2. The summed E-state index contributed by atoms with van der Waals surface area (Å²) >= 11 is 19.3. The molecule has 0 aliphatic carbocycles. The Hall–Kier alpha value is -4.01. The van der Waals surface area contributed by atoms with Crippen molar-refractivity contribution in [2.24, 2.45) is 0 Å². The number of rotatable bonds is 18. The SMILES string of the molecule is CCS(=O)(=O)Nc1cccc(COc2c(Cl)cc(CCC(=O)OC(=O)CNC(=O)c3cc(Br)c(OCc4cccc(NS(=O)(=O)CC)c4F)c(Br)c3)cc2Cl)c1F. The van der Waals surface area contributed by atoms with Gasteiger partial charge in [-0.05, 0) is 94.1 Å². The second-order valence-electron chi connectivity index (χ2n) is 11.8. The van der Waals surface area contributed by atoms with Crippen molar-refractivity contribution in [2.75, 3.05) is 27.5 Å². The lowest BCUT2D eigenvalue weighted by atomic mass is 10.1. The Morgan fingerprint density at radius 2 is 1.19 bits per heavy atom. The number of ether oxygens (including phenoxy) is 3. The molecular weight excluding hydrogens is 967 g/mol. The van der Waals surface area contributed by atoms with Crippen LogP contribution in [-0.4, -0.2) is 52.7 Å². The molecular formula is C36H33Br2Cl2F2N3O10S2. The third kappa shape index (κ3) is 13.0. The van der Waals surface area contributed by atoms with Crippen LogP contribution in [0.4, 0.5) is 20.2 Å². The highest BCUT2D eigenvalue weighted by Gasteiger charge is 2.20. The van der Waals surface area contributed by atoms with E-state index in [4.69, 9.17) is 37.4 Å². The van der Waals surface area contributed by atoms with Crippen molar-refractivity contribution in [1.82, 2.24) is 5.32 Å². The van der Waals surface area contributed by atoms with Gasteiger partial charge in [0.05, 0.1) is 48.3 Å². The maximum atomic E-state index is 15.0. The summed E-state index contributed by atoms with van der Waals surface area (Å²) in [7, 11) is -7.43. The van der Waals surface area contributed by atoms with Crippen LogP contribution in [0.5, 0.6) is 11.5 Å². The number of carbonyl (C=O) groups is 3. The predicted molar refractivity (Wildman–Crippen MR) is 218 cm³/mol. The van der Waals surface area contributed by atoms with Crippen molar-refractivity contribution in [2.45, 2.75) is 39.9 Å². The highest BCUT2D eigenvalue weighted by atomic mass is 79.9. The van der Waals surface area contributed by atoms with E-state index in [1.165, 1.54) is 74.5 Å². The molecule has 4 rings (SSSR count). The van der Waals surface area contributed by atoms with Gasteiger partial charge in [0, 0.05) is 16.7 Å². The fraction of sp³-hybridized carbons (Fsp3) is 0.250. The third-order valence-electron chi connectivity index (χ3n) is 7.75. The molecule has 0 aliphatic heterocycles. The van der Waals surface area contributed by atoms with Gasteiger partial charge in [0.1, 0.15) is 25.5 Å². The molecule has 0 saturated carbocycles. The van der Waals surface area contributed by atoms with E-state index in [9.17, 15) is 40.0 Å². The zero-order chi connectivity index (χ0) is 42.1. The minimum absolute atomic E-state index is 0.0218. The van der Waals surface area contributed by atoms with Crippen LogP contribution in [0.2, 0.25) is 10.0 Å². The molecule has 0 atom stereocenters. The molecule has 0 radical (unpaired) electrons. The lowest BCUT2D eigenvalue weighted by Gasteiger charge is -2.14. The van der Waals surface area contributed by atoms with E-state index in [0.29, 0.717) is 14.5 Å². The van der Waals surface area contributed by atoms with Crippen LogP contribution in [0.3, 0.4) is 0 Å². The van der Waals surface area contributed by atoms with Gasteiger partial charge >= 0.3 is 11.9 Å². The Labute approximate surface area is 354 Å². The van der Waals surface area contributed by atoms with Crippen molar-refractivity contribution < 1.29 is 54.2 Å². The summed E-state index contributed by atoms with van der Waals surface area (Å²) in [6, 6.07) is 14.0. The zero-order valence-electron chi connectivity index (χ0n) is 29.9. The van der Waals surface area contributed by atoms with Crippen LogP contribution in [0.25, 0.3) is 0 Å². The lowest BCUT2D eigenvalue weighted by molar-refractivity contribution is -0.158. The standard InChI is InChI=1S/C36H33Br2Cl2F2N3O10S2/c1-3-56(49,50)44-28-9-5-7-21(32(28)41)18-53-34-24(37)15-23(16-25(34)38)36(48)43-17-31(47)55-30(46)12-11-20-13-26(39)35(27(40)14-20)54-19-22-8-6-10-29(33(22)42)45-57(51,52)4-2/h5-10,13-16,44-45H,3-4,11-12,17-19H2,1-2H3,(H,43,48). The van der Waals surface area contributed by atoms with E-state index in [2.05, 4.69) is 46.6 Å². The van der Waals surface area contributed by atoms with Crippen LogP contribution in [0.15, 0.2) is 69.6 Å². The molecule has 4 aromatic rings. The van der Waals surface area contributed by atoms with Crippen LogP contribution < -0.4 is 24.2 Å². The van der Waals surface area contributed by atoms with Crippen LogP contribution >= 0.6 is 55.1 Å². The molecule has 0 heterocycles.